The first kappa shape index (κ1) is 25.7. The molecule has 0 spiro atoms. The number of alkyl halides is 3. The SMILES string of the molecule is Cc1nc2cc(C(F)(F)F)cc(C#N)c2c(=O)n1CCOc1ccnnc1-c1ccnc2c(C(=O)O)csc12. The van der Waals surface area contributed by atoms with E-state index in [1.54, 1.807) is 18.2 Å². The second kappa shape index (κ2) is 9.76. The number of fused-ring (bicyclic) bond motifs is 2. The molecule has 5 rings (SSSR count). The Balaban J connectivity index is 1.47. The molecule has 0 saturated heterocycles. The van der Waals surface area contributed by atoms with E-state index in [0.29, 0.717) is 33.3 Å². The maximum atomic E-state index is 13.2. The summed E-state index contributed by atoms with van der Waals surface area (Å²) in [6, 6.07) is 6.25. The van der Waals surface area contributed by atoms with Crippen LogP contribution < -0.4 is 10.3 Å². The van der Waals surface area contributed by atoms with E-state index in [1.807, 2.05) is 0 Å². The Morgan fingerprint density at radius 3 is 2.77 bits per heavy atom. The fourth-order valence-corrected chi connectivity index (χ4v) is 5.13. The molecule has 1 N–H and O–H groups in total. The maximum absolute atomic E-state index is 13.2. The molecule has 0 amide bonds. The van der Waals surface area contributed by atoms with E-state index in [2.05, 4.69) is 20.2 Å². The number of benzene rings is 1. The van der Waals surface area contributed by atoms with E-state index in [1.165, 1.54) is 40.6 Å². The molecule has 39 heavy (non-hydrogen) atoms. The zero-order chi connectivity index (χ0) is 27.9. The number of carboxylic acids is 1. The monoisotopic (exact) mass is 552 g/mol. The first-order valence-electron chi connectivity index (χ1n) is 11.2. The molecule has 0 aliphatic rings. The third-order valence-corrected chi connectivity index (χ3v) is 6.90. The Labute approximate surface area is 220 Å². The van der Waals surface area contributed by atoms with Crippen molar-refractivity contribution in [1.82, 2.24) is 24.7 Å². The van der Waals surface area contributed by atoms with Crippen LogP contribution in [0.5, 0.6) is 5.75 Å². The average molecular weight is 552 g/mol. The van der Waals surface area contributed by atoms with E-state index in [0.717, 1.165) is 6.07 Å². The number of thiophene rings is 1. The van der Waals surface area contributed by atoms with Crippen molar-refractivity contribution in [3.8, 4) is 23.1 Å². The van der Waals surface area contributed by atoms with Crippen LogP contribution >= 0.6 is 11.3 Å². The van der Waals surface area contributed by atoms with E-state index in [-0.39, 0.29) is 35.4 Å². The highest BCUT2D eigenvalue weighted by atomic mass is 32.1. The van der Waals surface area contributed by atoms with Crippen LogP contribution in [0.15, 0.2) is 46.8 Å². The van der Waals surface area contributed by atoms with Gasteiger partial charge < -0.3 is 9.84 Å². The first-order valence-corrected chi connectivity index (χ1v) is 12.0. The predicted octanol–water partition coefficient (Wildman–Crippen LogP) is 4.44. The highest BCUT2D eigenvalue weighted by Crippen LogP contribution is 2.36. The van der Waals surface area contributed by atoms with Gasteiger partial charge in [0.2, 0.25) is 0 Å². The van der Waals surface area contributed by atoms with Gasteiger partial charge in [0.25, 0.3) is 5.56 Å². The van der Waals surface area contributed by atoms with Gasteiger partial charge in [-0.3, -0.25) is 14.3 Å². The normalized spacial score (nSPS) is 11.6. The van der Waals surface area contributed by atoms with Crippen molar-refractivity contribution in [2.45, 2.75) is 19.6 Å². The topological polar surface area (TPSA) is 144 Å². The van der Waals surface area contributed by atoms with Crippen molar-refractivity contribution in [2.24, 2.45) is 0 Å². The number of aromatic nitrogens is 5. The van der Waals surface area contributed by atoms with Gasteiger partial charge in [-0.05, 0) is 25.1 Å². The van der Waals surface area contributed by atoms with Crippen LogP contribution in [0, 0.1) is 18.3 Å². The molecule has 14 heteroatoms. The molecular weight excluding hydrogens is 537 g/mol. The number of carbonyl (C=O) groups is 1. The molecule has 0 bridgehead atoms. The lowest BCUT2D eigenvalue weighted by Gasteiger charge is -2.15. The number of rotatable bonds is 6. The molecule has 0 aliphatic carbocycles. The second-order valence-corrected chi connectivity index (χ2v) is 9.11. The molecule has 0 saturated carbocycles. The van der Waals surface area contributed by atoms with Gasteiger partial charge in [0.1, 0.15) is 29.9 Å². The number of aryl methyl sites for hydroxylation is 1. The van der Waals surface area contributed by atoms with Crippen molar-refractivity contribution in [3.05, 3.63) is 74.9 Å². The van der Waals surface area contributed by atoms with E-state index < -0.39 is 28.8 Å². The number of ether oxygens (including phenoxy) is 1. The first-order chi connectivity index (χ1) is 18.6. The van der Waals surface area contributed by atoms with Crippen LogP contribution in [0.3, 0.4) is 0 Å². The Morgan fingerprint density at radius 1 is 1.26 bits per heavy atom. The molecule has 1 aromatic carbocycles. The highest BCUT2D eigenvalue weighted by molar-refractivity contribution is 7.18. The van der Waals surface area contributed by atoms with Crippen LogP contribution in [0.4, 0.5) is 13.2 Å². The van der Waals surface area contributed by atoms with E-state index in [4.69, 9.17) is 4.74 Å². The standard InChI is InChI=1S/C25H15F3N6O4S/c1-12-32-17-9-14(25(26,27)28)8-13(10-29)19(17)23(35)34(12)6-7-38-18-3-5-31-33-20(18)15-2-4-30-21-16(24(36)37)11-39-22(15)21/h2-5,8-9,11H,6-7H2,1H3,(H,36,37). The third-order valence-electron chi connectivity index (χ3n) is 5.89. The summed E-state index contributed by atoms with van der Waals surface area (Å²) in [6.07, 6.45) is -1.84. The van der Waals surface area contributed by atoms with Crippen molar-refractivity contribution < 1.29 is 27.8 Å². The molecular formula is C25H15F3N6O4S. The predicted molar refractivity (Wildman–Crippen MR) is 134 cm³/mol. The molecule has 0 unspecified atom stereocenters. The van der Waals surface area contributed by atoms with Gasteiger partial charge in [-0.2, -0.15) is 23.5 Å². The van der Waals surface area contributed by atoms with Gasteiger partial charge in [-0.15, -0.1) is 16.4 Å². The molecule has 0 atom stereocenters. The minimum Gasteiger partial charge on any atom is -0.489 e. The third kappa shape index (κ3) is 4.64. The van der Waals surface area contributed by atoms with Crippen LogP contribution in [-0.2, 0) is 12.7 Å². The van der Waals surface area contributed by atoms with Crippen molar-refractivity contribution in [1.29, 1.82) is 5.26 Å². The summed E-state index contributed by atoms with van der Waals surface area (Å²) in [7, 11) is 0. The number of hydrogen-bond donors (Lipinski definition) is 1. The minimum absolute atomic E-state index is 0.0326. The lowest BCUT2D eigenvalue weighted by molar-refractivity contribution is -0.137. The van der Waals surface area contributed by atoms with Crippen LogP contribution in [0.1, 0.15) is 27.3 Å². The zero-order valence-corrected chi connectivity index (χ0v) is 20.7. The quantitative estimate of drug-likeness (QED) is 0.323. The number of nitriles is 1. The Kier molecular flexibility index (Phi) is 6.44. The molecule has 5 aromatic rings. The second-order valence-electron chi connectivity index (χ2n) is 8.23. The number of pyridine rings is 1. The van der Waals surface area contributed by atoms with Crippen molar-refractivity contribution in [3.63, 3.8) is 0 Å². The summed E-state index contributed by atoms with van der Waals surface area (Å²) < 4.78 is 47.4. The average Bonchev–Trinajstić information content (AvgIpc) is 3.34. The molecule has 4 aromatic heterocycles. The van der Waals surface area contributed by atoms with Gasteiger partial charge in [0.05, 0.1) is 50.6 Å². The lowest BCUT2D eigenvalue weighted by atomic mass is 10.1. The number of hydrogen-bond acceptors (Lipinski definition) is 9. The van der Waals surface area contributed by atoms with Crippen LogP contribution in [0.2, 0.25) is 0 Å². The Morgan fingerprint density at radius 2 is 2.05 bits per heavy atom. The summed E-state index contributed by atoms with van der Waals surface area (Å²) in [6.45, 7) is 1.38. The van der Waals surface area contributed by atoms with Gasteiger partial charge in [0.15, 0.2) is 0 Å². The van der Waals surface area contributed by atoms with Gasteiger partial charge in [0, 0.05) is 23.2 Å². The fraction of sp³-hybridized carbons (Fsp3) is 0.160. The largest absolute Gasteiger partial charge is 0.489 e. The summed E-state index contributed by atoms with van der Waals surface area (Å²) in [5.41, 5.74) is -1.14. The van der Waals surface area contributed by atoms with Gasteiger partial charge >= 0.3 is 12.1 Å². The summed E-state index contributed by atoms with van der Waals surface area (Å²) >= 11 is 1.19. The van der Waals surface area contributed by atoms with Gasteiger partial charge in [-0.25, -0.2) is 9.78 Å². The van der Waals surface area contributed by atoms with E-state index >= 15 is 0 Å². The van der Waals surface area contributed by atoms with E-state index in [9.17, 15) is 33.1 Å². The number of halogens is 3. The fourth-order valence-electron chi connectivity index (χ4n) is 4.11. The Hall–Kier alpha value is -4.90. The molecule has 4 heterocycles. The smallest absolute Gasteiger partial charge is 0.416 e. The number of aromatic carboxylic acids is 1. The summed E-state index contributed by atoms with van der Waals surface area (Å²) in [4.78, 5) is 33.0. The molecule has 0 radical (unpaired) electrons. The van der Waals surface area contributed by atoms with Crippen molar-refractivity contribution in [2.75, 3.05) is 6.61 Å². The Bertz CT molecular complexity index is 1880. The molecule has 196 valence electrons. The van der Waals surface area contributed by atoms with Crippen LogP contribution in [-0.4, -0.2) is 42.4 Å². The number of nitrogens with zero attached hydrogens (tertiary/aromatic N) is 6. The highest BCUT2D eigenvalue weighted by Gasteiger charge is 2.32. The zero-order valence-electron chi connectivity index (χ0n) is 19.9. The molecule has 0 fully saturated rings. The van der Waals surface area contributed by atoms with Crippen LogP contribution in [0.25, 0.3) is 32.4 Å². The summed E-state index contributed by atoms with van der Waals surface area (Å²) in [5.74, 6) is -0.668. The lowest BCUT2D eigenvalue weighted by Crippen LogP contribution is -2.27. The summed E-state index contributed by atoms with van der Waals surface area (Å²) in [5, 5.41) is 28.2. The van der Waals surface area contributed by atoms with Gasteiger partial charge in [-0.1, -0.05) is 0 Å². The molecule has 0 aliphatic heterocycles. The minimum atomic E-state index is -4.70. The molecule has 10 nitrogen and oxygen atoms in total. The number of carboxylic acid groups (broad SMARTS) is 1. The van der Waals surface area contributed by atoms with Crippen molar-refractivity contribution >= 4 is 38.4 Å². The maximum Gasteiger partial charge on any atom is 0.416 e.